The predicted molar refractivity (Wildman–Crippen MR) is 104 cm³/mol. The van der Waals surface area contributed by atoms with Crippen molar-refractivity contribution in [1.82, 2.24) is 0 Å². The number of hydrogen-bond donors (Lipinski definition) is 2. The number of aryl methyl sites for hydroxylation is 1. The third kappa shape index (κ3) is 8.61. The van der Waals surface area contributed by atoms with E-state index in [1.54, 1.807) is 19.1 Å². The first-order valence-corrected chi connectivity index (χ1v) is 9.07. The van der Waals surface area contributed by atoms with Gasteiger partial charge >= 0.3 is 0 Å². The Morgan fingerprint density at radius 2 is 1.42 bits per heavy atom. The van der Waals surface area contributed by atoms with Crippen molar-refractivity contribution >= 4 is 0 Å². The van der Waals surface area contributed by atoms with Crippen LogP contribution in [0.1, 0.15) is 62.5 Å². The molecule has 0 heterocycles. The summed E-state index contributed by atoms with van der Waals surface area (Å²) in [5.74, 6) is 0.382. The van der Waals surface area contributed by atoms with Crippen molar-refractivity contribution < 1.29 is 10.2 Å². The fourth-order valence-electron chi connectivity index (χ4n) is 2.59. The summed E-state index contributed by atoms with van der Waals surface area (Å²) in [5.41, 5.74) is 1.58. The van der Waals surface area contributed by atoms with Crippen LogP contribution < -0.4 is 0 Å². The lowest BCUT2D eigenvalue weighted by atomic mass is 10.0. The monoisotopic (exact) mass is 328 g/mol. The van der Waals surface area contributed by atoms with Crippen molar-refractivity contribution in [3.63, 3.8) is 0 Å². The molecular weight excluding hydrogens is 296 g/mol. The average molecular weight is 328 g/mol. The Labute approximate surface area is 147 Å². The topological polar surface area (TPSA) is 40.5 Å². The number of rotatable bonds is 12. The SMILES string of the molecule is C=CC/C=C\C/C=C\CCCCCCCc1cc(O)c(C)c(O)c1. The van der Waals surface area contributed by atoms with Crippen molar-refractivity contribution in [2.45, 2.75) is 64.7 Å². The number of phenols is 2. The van der Waals surface area contributed by atoms with E-state index in [1.807, 2.05) is 6.08 Å². The molecule has 0 fully saturated rings. The van der Waals surface area contributed by atoms with Gasteiger partial charge in [-0.3, -0.25) is 0 Å². The van der Waals surface area contributed by atoms with Gasteiger partial charge in [-0.15, -0.1) is 6.58 Å². The summed E-state index contributed by atoms with van der Waals surface area (Å²) in [6.07, 6.45) is 20.8. The standard InChI is InChI=1S/C22H32O2/c1-3-4-5-6-7-8-9-10-11-12-13-14-15-16-20-17-21(23)19(2)22(24)18-20/h3,5-6,8-9,17-18,23-24H,1,4,7,10-16H2,2H3/b6-5-,9-8-. The van der Waals surface area contributed by atoms with Crippen LogP contribution in [0.25, 0.3) is 0 Å². The summed E-state index contributed by atoms with van der Waals surface area (Å²) >= 11 is 0. The molecule has 0 atom stereocenters. The molecule has 1 aromatic rings. The number of hydrogen-bond acceptors (Lipinski definition) is 2. The highest BCUT2D eigenvalue weighted by Crippen LogP contribution is 2.28. The summed E-state index contributed by atoms with van der Waals surface area (Å²) in [4.78, 5) is 0. The molecule has 2 N–H and O–H groups in total. The van der Waals surface area contributed by atoms with Gasteiger partial charge in [-0.1, -0.05) is 49.6 Å². The second kappa shape index (κ2) is 12.5. The summed E-state index contributed by atoms with van der Waals surface area (Å²) in [7, 11) is 0. The molecule has 1 aromatic carbocycles. The Balaban J connectivity index is 2.03. The molecule has 132 valence electrons. The molecule has 0 aliphatic carbocycles. The van der Waals surface area contributed by atoms with Gasteiger partial charge in [0, 0.05) is 5.56 Å². The molecule has 24 heavy (non-hydrogen) atoms. The molecule has 2 nitrogen and oxygen atoms in total. The van der Waals surface area contributed by atoms with Gasteiger partial charge in [0.05, 0.1) is 0 Å². The van der Waals surface area contributed by atoms with Gasteiger partial charge in [-0.05, 0) is 63.1 Å². The van der Waals surface area contributed by atoms with Gasteiger partial charge in [-0.2, -0.15) is 0 Å². The largest absolute Gasteiger partial charge is 0.508 e. The van der Waals surface area contributed by atoms with E-state index < -0.39 is 0 Å². The zero-order valence-corrected chi connectivity index (χ0v) is 15.0. The van der Waals surface area contributed by atoms with Crippen LogP contribution in [0.5, 0.6) is 11.5 Å². The van der Waals surface area contributed by atoms with Gasteiger partial charge in [0.25, 0.3) is 0 Å². The van der Waals surface area contributed by atoms with Crippen LogP contribution in [0, 0.1) is 6.92 Å². The van der Waals surface area contributed by atoms with Gasteiger partial charge in [0.2, 0.25) is 0 Å². The second-order valence-electron chi connectivity index (χ2n) is 6.27. The van der Waals surface area contributed by atoms with Crippen LogP contribution in [0.15, 0.2) is 49.1 Å². The first-order valence-electron chi connectivity index (χ1n) is 9.07. The van der Waals surface area contributed by atoms with Crippen molar-refractivity contribution in [3.05, 3.63) is 60.2 Å². The lowest BCUT2D eigenvalue weighted by Gasteiger charge is -2.07. The van der Waals surface area contributed by atoms with Crippen molar-refractivity contribution in [2.24, 2.45) is 0 Å². The molecule has 0 amide bonds. The van der Waals surface area contributed by atoms with Crippen molar-refractivity contribution in [3.8, 4) is 11.5 Å². The maximum atomic E-state index is 9.71. The number of aromatic hydroxyl groups is 2. The lowest BCUT2D eigenvalue weighted by Crippen LogP contribution is -1.88. The Morgan fingerprint density at radius 3 is 2.12 bits per heavy atom. The van der Waals surface area contributed by atoms with E-state index in [1.165, 1.54) is 25.7 Å². The Bertz CT molecular complexity index is 518. The van der Waals surface area contributed by atoms with Crippen LogP contribution in [-0.2, 0) is 6.42 Å². The van der Waals surface area contributed by atoms with Gasteiger partial charge < -0.3 is 10.2 Å². The average Bonchev–Trinajstić information content (AvgIpc) is 2.56. The van der Waals surface area contributed by atoms with Crippen LogP contribution in [0.2, 0.25) is 0 Å². The summed E-state index contributed by atoms with van der Waals surface area (Å²) in [6, 6.07) is 3.53. The maximum absolute atomic E-state index is 9.71. The highest BCUT2D eigenvalue weighted by Gasteiger charge is 2.04. The quantitative estimate of drug-likeness (QED) is 0.346. The van der Waals surface area contributed by atoms with E-state index >= 15 is 0 Å². The molecule has 1 rings (SSSR count). The van der Waals surface area contributed by atoms with Crippen molar-refractivity contribution in [2.75, 3.05) is 0 Å². The fraction of sp³-hybridized carbons (Fsp3) is 0.455. The first kappa shape index (κ1) is 20.1. The Morgan fingerprint density at radius 1 is 0.833 bits per heavy atom. The smallest absolute Gasteiger partial charge is 0.122 e. The minimum Gasteiger partial charge on any atom is -0.508 e. The van der Waals surface area contributed by atoms with E-state index in [0.29, 0.717) is 5.56 Å². The first-order chi connectivity index (χ1) is 11.6. The third-order valence-electron chi connectivity index (χ3n) is 4.16. The van der Waals surface area contributed by atoms with Gasteiger partial charge in [0.1, 0.15) is 11.5 Å². The summed E-state index contributed by atoms with van der Waals surface area (Å²) in [5, 5.41) is 19.4. The Kier molecular flexibility index (Phi) is 10.4. The molecule has 0 saturated heterocycles. The van der Waals surface area contributed by atoms with E-state index in [-0.39, 0.29) is 11.5 Å². The van der Waals surface area contributed by atoms with Crippen LogP contribution in [-0.4, -0.2) is 10.2 Å². The molecule has 0 aliphatic rings. The Hall–Kier alpha value is -1.96. The number of unbranched alkanes of at least 4 members (excludes halogenated alkanes) is 5. The molecule has 0 spiro atoms. The van der Waals surface area contributed by atoms with E-state index in [2.05, 4.69) is 30.9 Å². The zero-order valence-electron chi connectivity index (χ0n) is 15.0. The van der Waals surface area contributed by atoms with Crippen LogP contribution >= 0.6 is 0 Å². The molecule has 0 saturated carbocycles. The fourth-order valence-corrected chi connectivity index (χ4v) is 2.59. The van der Waals surface area contributed by atoms with E-state index in [0.717, 1.165) is 37.7 Å². The third-order valence-corrected chi connectivity index (χ3v) is 4.16. The number of benzene rings is 1. The van der Waals surface area contributed by atoms with Crippen LogP contribution in [0.3, 0.4) is 0 Å². The summed E-state index contributed by atoms with van der Waals surface area (Å²) < 4.78 is 0. The van der Waals surface area contributed by atoms with E-state index in [9.17, 15) is 10.2 Å². The molecule has 2 heteroatoms. The number of allylic oxidation sites excluding steroid dienone is 5. The lowest BCUT2D eigenvalue weighted by molar-refractivity contribution is 0.441. The maximum Gasteiger partial charge on any atom is 0.122 e. The minimum atomic E-state index is 0.191. The number of phenolic OH excluding ortho intramolecular Hbond substituents is 2. The van der Waals surface area contributed by atoms with Crippen LogP contribution in [0.4, 0.5) is 0 Å². The molecule has 0 aliphatic heterocycles. The van der Waals surface area contributed by atoms with E-state index in [4.69, 9.17) is 0 Å². The molecule has 0 radical (unpaired) electrons. The molecule has 0 unspecified atom stereocenters. The highest BCUT2D eigenvalue weighted by molar-refractivity contribution is 5.45. The molecule has 0 aromatic heterocycles. The second-order valence-corrected chi connectivity index (χ2v) is 6.27. The van der Waals surface area contributed by atoms with Gasteiger partial charge in [-0.25, -0.2) is 0 Å². The normalized spacial score (nSPS) is 11.5. The summed E-state index contributed by atoms with van der Waals surface area (Å²) in [6.45, 7) is 5.41. The minimum absolute atomic E-state index is 0.191. The zero-order chi connectivity index (χ0) is 17.6. The van der Waals surface area contributed by atoms with Crippen molar-refractivity contribution in [1.29, 1.82) is 0 Å². The predicted octanol–water partition coefficient (Wildman–Crippen LogP) is 6.37. The molecular formula is C22H32O2. The molecule has 0 bridgehead atoms. The van der Waals surface area contributed by atoms with Gasteiger partial charge in [0.15, 0.2) is 0 Å². The highest BCUT2D eigenvalue weighted by atomic mass is 16.3.